The van der Waals surface area contributed by atoms with E-state index in [9.17, 15) is 0 Å². The van der Waals surface area contributed by atoms with Gasteiger partial charge in [-0.05, 0) is 45.3 Å². The number of hydrogen-bond acceptors (Lipinski definition) is 2. The molecule has 1 aliphatic carbocycles. The normalized spacial score (nSPS) is 30.0. The van der Waals surface area contributed by atoms with E-state index < -0.39 is 0 Å². The molecule has 1 rings (SSSR count). The van der Waals surface area contributed by atoms with Gasteiger partial charge in [0.1, 0.15) is 0 Å². The molecule has 2 nitrogen and oxygen atoms in total. The molecule has 0 aromatic rings. The van der Waals surface area contributed by atoms with Gasteiger partial charge in [0, 0.05) is 11.6 Å². The van der Waals surface area contributed by atoms with Crippen molar-refractivity contribution in [1.82, 2.24) is 10.2 Å². The SMILES string of the molecule is CCNC(C(CC)CC)C1(N(C)C)CCCC(C)C1. The zero-order chi connectivity index (χ0) is 14.5. The second kappa shape index (κ2) is 7.64. The summed E-state index contributed by atoms with van der Waals surface area (Å²) in [5, 5.41) is 3.86. The van der Waals surface area contributed by atoms with E-state index in [-0.39, 0.29) is 0 Å². The van der Waals surface area contributed by atoms with Gasteiger partial charge in [-0.2, -0.15) is 0 Å². The maximum atomic E-state index is 3.86. The van der Waals surface area contributed by atoms with Gasteiger partial charge in [-0.15, -0.1) is 0 Å². The van der Waals surface area contributed by atoms with Gasteiger partial charge in [0.25, 0.3) is 0 Å². The quantitative estimate of drug-likeness (QED) is 0.753. The van der Waals surface area contributed by atoms with Crippen molar-refractivity contribution < 1.29 is 0 Å². The maximum absolute atomic E-state index is 3.86. The van der Waals surface area contributed by atoms with Crippen LogP contribution in [0.4, 0.5) is 0 Å². The Kier molecular flexibility index (Phi) is 6.82. The van der Waals surface area contributed by atoms with Crippen LogP contribution in [0.2, 0.25) is 0 Å². The maximum Gasteiger partial charge on any atom is 0.0361 e. The molecule has 19 heavy (non-hydrogen) atoms. The van der Waals surface area contributed by atoms with E-state index in [1.54, 1.807) is 0 Å². The highest BCUT2D eigenvalue weighted by Gasteiger charge is 2.45. The first-order valence-electron chi connectivity index (χ1n) is 8.42. The monoisotopic (exact) mass is 268 g/mol. The van der Waals surface area contributed by atoms with Gasteiger partial charge < -0.3 is 10.2 Å². The van der Waals surface area contributed by atoms with Gasteiger partial charge in [-0.1, -0.05) is 53.4 Å². The molecule has 0 aliphatic heterocycles. The summed E-state index contributed by atoms with van der Waals surface area (Å²) < 4.78 is 0. The molecule has 0 amide bonds. The highest BCUT2D eigenvalue weighted by molar-refractivity contribution is 5.03. The minimum atomic E-state index is 0.365. The number of hydrogen-bond donors (Lipinski definition) is 1. The van der Waals surface area contributed by atoms with E-state index in [1.807, 2.05) is 0 Å². The van der Waals surface area contributed by atoms with Crippen LogP contribution in [0.3, 0.4) is 0 Å². The van der Waals surface area contributed by atoms with Crippen molar-refractivity contribution in [3.8, 4) is 0 Å². The zero-order valence-electron chi connectivity index (χ0n) is 14.1. The molecule has 1 N–H and O–H groups in total. The minimum Gasteiger partial charge on any atom is -0.312 e. The highest BCUT2D eigenvalue weighted by atomic mass is 15.2. The van der Waals surface area contributed by atoms with E-state index in [0.29, 0.717) is 11.6 Å². The number of nitrogens with zero attached hydrogens (tertiary/aromatic N) is 1. The topological polar surface area (TPSA) is 15.3 Å². The van der Waals surface area contributed by atoms with E-state index in [1.165, 1.54) is 38.5 Å². The molecule has 2 heteroatoms. The van der Waals surface area contributed by atoms with Crippen molar-refractivity contribution in [3.63, 3.8) is 0 Å². The summed E-state index contributed by atoms with van der Waals surface area (Å²) in [6, 6.07) is 0.644. The molecule has 0 aromatic carbocycles. The first-order valence-corrected chi connectivity index (χ1v) is 8.42. The second-order valence-corrected chi connectivity index (χ2v) is 6.81. The Balaban J connectivity index is 3.03. The largest absolute Gasteiger partial charge is 0.312 e. The Morgan fingerprint density at radius 3 is 2.26 bits per heavy atom. The lowest BCUT2D eigenvalue weighted by Crippen LogP contribution is -2.63. The molecular formula is C17H36N2. The van der Waals surface area contributed by atoms with Crippen LogP contribution in [0.25, 0.3) is 0 Å². The highest BCUT2D eigenvalue weighted by Crippen LogP contribution is 2.41. The summed E-state index contributed by atoms with van der Waals surface area (Å²) in [5.74, 6) is 1.67. The van der Waals surface area contributed by atoms with Crippen LogP contribution in [0.15, 0.2) is 0 Å². The van der Waals surface area contributed by atoms with Crippen molar-refractivity contribution in [3.05, 3.63) is 0 Å². The van der Waals surface area contributed by atoms with Crippen LogP contribution in [0.5, 0.6) is 0 Å². The average molecular weight is 268 g/mol. The van der Waals surface area contributed by atoms with Gasteiger partial charge >= 0.3 is 0 Å². The molecule has 1 fully saturated rings. The molecule has 3 unspecified atom stereocenters. The van der Waals surface area contributed by atoms with Gasteiger partial charge in [0.05, 0.1) is 0 Å². The number of likely N-dealkylation sites (N-methyl/N-ethyl adjacent to an activating group) is 2. The standard InChI is InChI=1S/C17H36N2/c1-7-15(8-2)16(18-9-3)17(19(5)6)12-10-11-14(4)13-17/h14-16,18H,7-13H2,1-6H3. The van der Waals surface area contributed by atoms with Crippen molar-refractivity contribution in [2.24, 2.45) is 11.8 Å². The predicted molar refractivity (Wildman–Crippen MR) is 85.6 cm³/mol. The van der Waals surface area contributed by atoms with Crippen LogP contribution in [-0.4, -0.2) is 37.1 Å². The fraction of sp³-hybridized carbons (Fsp3) is 1.00. The Morgan fingerprint density at radius 1 is 1.21 bits per heavy atom. The third-order valence-electron chi connectivity index (χ3n) is 5.42. The Hall–Kier alpha value is -0.0800. The molecule has 1 aliphatic rings. The lowest BCUT2D eigenvalue weighted by Gasteiger charge is -2.52. The third kappa shape index (κ3) is 3.72. The van der Waals surface area contributed by atoms with Crippen molar-refractivity contribution >= 4 is 0 Å². The van der Waals surface area contributed by atoms with Crippen molar-refractivity contribution in [1.29, 1.82) is 0 Å². The molecular weight excluding hydrogens is 232 g/mol. The summed E-state index contributed by atoms with van der Waals surface area (Å²) in [4.78, 5) is 2.54. The minimum absolute atomic E-state index is 0.365. The fourth-order valence-corrected chi connectivity index (χ4v) is 4.31. The molecule has 0 bridgehead atoms. The number of rotatable bonds is 7. The summed E-state index contributed by atoms with van der Waals surface area (Å²) in [5.41, 5.74) is 0.365. The molecule has 0 heterocycles. The van der Waals surface area contributed by atoms with Crippen molar-refractivity contribution in [2.75, 3.05) is 20.6 Å². The number of nitrogens with one attached hydrogen (secondary N) is 1. The van der Waals surface area contributed by atoms with E-state index >= 15 is 0 Å². The van der Waals surface area contributed by atoms with E-state index in [4.69, 9.17) is 0 Å². The van der Waals surface area contributed by atoms with Crippen LogP contribution in [0.1, 0.15) is 66.2 Å². The van der Waals surface area contributed by atoms with E-state index in [2.05, 4.69) is 52.0 Å². The Labute approximate surface area is 121 Å². The summed E-state index contributed by atoms with van der Waals surface area (Å²) in [6.07, 6.45) is 8.10. The molecule has 0 spiro atoms. The van der Waals surface area contributed by atoms with Crippen LogP contribution in [-0.2, 0) is 0 Å². The van der Waals surface area contributed by atoms with Crippen LogP contribution >= 0.6 is 0 Å². The first kappa shape index (κ1) is 17.0. The summed E-state index contributed by atoms with van der Waals surface area (Å²) >= 11 is 0. The molecule has 0 aromatic heterocycles. The van der Waals surface area contributed by atoms with Crippen LogP contribution < -0.4 is 5.32 Å². The Bertz CT molecular complexity index is 248. The van der Waals surface area contributed by atoms with Crippen molar-refractivity contribution in [2.45, 2.75) is 77.8 Å². The molecule has 0 radical (unpaired) electrons. The molecule has 0 saturated heterocycles. The lowest BCUT2D eigenvalue weighted by molar-refractivity contribution is 0.0144. The zero-order valence-corrected chi connectivity index (χ0v) is 14.1. The summed E-state index contributed by atoms with van der Waals surface area (Å²) in [6.45, 7) is 10.5. The van der Waals surface area contributed by atoms with Gasteiger partial charge in [-0.3, -0.25) is 0 Å². The first-order chi connectivity index (χ1) is 9.01. The molecule has 1 saturated carbocycles. The average Bonchev–Trinajstić information content (AvgIpc) is 2.38. The van der Waals surface area contributed by atoms with E-state index in [0.717, 1.165) is 18.4 Å². The van der Waals surface area contributed by atoms with Gasteiger partial charge in [0.2, 0.25) is 0 Å². The smallest absolute Gasteiger partial charge is 0.0361 e. The fourth-order valence-electron chi connectivity index (χ4n) is 4.31. The second-order valence-electron chi connectivity index (χ2n) is 6.81. The molecule has 114 valence electrons. The van der Waals surface area contributed by atoms with Gasteiger partial charge in [-0.25, -0.2) is 0 Å². The lowest BCUT2D eigenvalue weighted by atomic mass is 9.67. The summed E-state index contributed by atoms with van der Waals surface area (Å²) in [7, 11) is 4.59. The van der Waals surface area contributed by atoms with Gasteiger partial charge in [0.15, 0.2) is 0 Å². The molecule has 3 atom stereocenters. The Morgan fingerprint density at radius 2 is 1.84 bits per heavy atom. The van der Waals surface area contributed by atoms with Crippen LogP contribution in [0, 0.1) is 11.8 Å². The predicted octanol–water partition coefficient (Wildman–Crippen LogP) is 3.91. The third-order valence-corrected chi connectivity index (χ3v) is 5.42.